The van der Waals surface area contributed by atoms with Gasteiger partial charge in [-0.2, -0.15) is 5.10 Å². The number of alkyl halides is 5. The van der Waals surface area contributed by atoms with Crippen molar-refractivity contribution in [2.75, 3.05) is 4.90 Å². The van der Waals surface area contributed by atoms with Gasteiger partial charge in [0, 0.05) is 29.4 Å². The lowest BCUT2D eigenvalue weighted by Gasteiger charge is -2.23. The van der Waals surface area contributed by atoms with E-state index in [-0.39, 0.29) is 51.3 Å². The van der Waals surface area contributed by atoms with E-state index >= 15 is 0 Å². The summed E-state index contributed by atoms with van der Waals surface area (Å²) in [5.74, 6) is -1.59. The predicted molar refractivity (Wildman–Crippen MR) is 139 cm³/mol. The fourth-order valence-electron chi connectivity index (χ4n) is 4.71. The van der Waals surface area contributed by atoms with E-state index in [9.17, 15) is 31.5 Å². The Hall–Kier alpha value is -4.89. The number of carbonyl (C=O) groups is 1. The van der Waals surface area contributed by atoms with E-state index in [1.807, 2.05) is 0 Å². The molecule has 0 bridgehead atoms. The molecule has 1 saturated carbocycles. The number of nitrogens with one attached hydrogen (secondary N) is 1. The Morgan fingerprint density at radius 2 is 1.86 bits per heavy atom. The Balaban J connectivity index is 1.38. The SMILES string of the molecule is CC(C)Oc1cc(OC(F)(F)F)cc(-c2nn(CC(=O)N(c3ccc4c(c3)OC(F)(F)O4)C3CC3)c(=O)c3[nH]cnc23)c1. The van der Waals surface area contributed by atoms with Crippen molar-refractivity contribution in [2.45, 2.75) is 58.0 Å². The average molecular weight is 607 g/mol. The van der Waals surface area contributed by atoms with Gasteiger partial charge in [0.1, 0.15) is 34.8 Å². The first-order valence-corrected chi connectivity index (χ1v) is 13.0. The number of hydrogen-bond acceptors (Lipinski definition) is 8. The van der Waals surface area contributed by atoms with Gasteiger partial charge >= 0.3 is 12.7 Å². The Labute approximate surface area is 238 Å². The summed E-state index contributed by atoms with van der Waals surface area (Å²) in [5, 5.41) is 4.31. The molecule has 3 heterocycles. The number of carbonyl (C=O) groups excluding carboxylic acids is 1. The zero-order valence-corrected chi connectivity index (χ0v) is 22.4. The number of halogens is 5. The first kappa shape index (κ1) is 28.2. The monoisotopic (exact) mass is 607 g/mol. The molecule has 43 heavy (non-hydrogen) atoms. The average Bonchev–Trinajstić information content (AvgIpc) is 3.48. The van der Waals surface area contributed by atoms with Crippen molar-refractivity contribution in [1.29, 1.82) is 0 Å². The van der Waals surface area contributed by atoms with Crippen LogP contribution in [-0.2, 0) is 11.3 Å². The number of fused-ring (bicyclic) bond motifs is 2. The van der Waals surface area contributed by atoms with Crippen LogP contribution < -0.4 is 29.4 Å². The summed E-state index contributed by atoms with van der Waals surface area (Å²) in [4.78, 5) is 35.1. The zero-order chi connectivity index (χ0) is 30.7. The Morgan fingerprint density at radius 3 is 2.56 bits per heavy atom. The lowest BCUT2D eigenvalue weighted by molar-refractivity contribution is -0.286. The molecule has 226 valence electrons. The van der Waals surface area contributed by atoms with Gasteiger partial charge in [0.15, 0.2) is 11.5 Å². The molecule has 6 rings (SSSR count). The normalized spacial score (nSPS) is 15.6. The smallest absolute Gasteiger partial charge is 0.491 e. The van der Waals surface area contributed by atoms with Crippen molar-refractivity contribution in [3.63, 3.8) is 0 Å². The molecule has 0 radical (unpaired) electrons. The first-order chi connectivity index (χ1) is 20.3. The van der Waals surface area contributed by atoms with Crippen molar-refractivity contribution in [3.8, 4) is 34.3 Å². The molecule has 0 spiro atoms. The van der Waals surface area contributed by atoms with Gasteiger partial charge in [-0.25, -0.2) is 9.67 Å². The van der Waals surface area contributed by atoms with Gasteiger partial charge in [0.05, 0.1) is 12.4 Å². The van der Waals surface area contributed by atoms with E-state index < -0.39 is 42.5 Å². The minimum atomic E-state index is -5.00. The third-order valence-electron chi connectivity index (χ3n) is 6.42. The number of imidazole rings is 1. The van der Waals surface area contributed by atoms with Crippen LogP contribution >= 0.6 is 0 Å². The third-order valence-corrected chi connectivity index (χ3v) is 6.42. The first-order valence-electron chi connectivity index (χ1n) is 13.0. The summed E-state index contributed by atoms with van der Waals surface area (Å²) < 4.78 is 85.9. The number of H-pyrrole nitrogens is 1. The third kappa shape index (κ3) is 5.89. The number of aromatic nitrogens is 4. The van der Waals surface area contributed by atoms with E-state index in [2.05, 4.69) is 29.3 Å². The van der Waals surface area contributed by atoms with Crippen molar-refractivity contribution < 1.29 is 45.7 Å². The van der Waals surface area contributed by atoms with E-state index in [0.717, 1.165) is 16.8 Å². The Bertz CT molecular complexity index is 1780. The van der Waals surface area contributed by atoms with Crippen molar-refractivity contribution in [1.82, 2.24) is 19.7 Å². The summed E-state index contributed by atoms with van der Waals surface area (Å²) in [5.41, 5.74) is -0.416. The Kier molecular flexibility index (Phi) is 6.65. The highest BCUT2D eigenvalue weighted by Crippen LogP contribution is 2.44. The summed E-state index contributed by atoms with van der Waals surface area (Å²) in [7, 11) is 0. The van der Waals surface area contributed by atoms with Crippen LogP contribution in [0.2, 0.25) is 0 Å². The maximum Gasteiger partial charge on any atom is 0.586 e. The minimum absolute atomic E-state index is 0.0202. The number of amides is 1. The lowest BCUT2D eigenvalue weighted by atomic mass is 10.1. The summed E-state index contributed by atoms with van der Waals surface area (Å²) >= 11 is 0. The van der Waals surface area contributed by atoms with E-state index in [4.69, 9.17) is 4.74 Å². The molecule has 1 amide bonds. The maximum atomic E-state index is 13.6. The molecular weight excluding hydrogens is 585 g/mol. The number of nitrogens with zero attached hydrogens (tertiary/aromatic N) is 4. The summed E-state index contributed by atoms with van der Waals surface area (Å²) in [6, 6.07) is 7.19. The van der Waals surface area contributed by atoms with Crippen LogP contribution in [0.5, 0.6) is 23.0 Å². The standard InChI is InChI=1S/C27H22F5N5O6/c1-13(2)40-17-7-14(8-18(10-17)41-26(28,29)30)22-23-24(34-12-33-23)25(39)36(35-22)11-21(38)37(15-3-4-15)16-5-6-19-20(9-16)43-27(31,32)42-19/h5-10,12-13,15H,3-4,11H2,1-2H3,(H,33,34). The van der Waals surface area contributed by atoms with E-state index in [1.165, 1.54) is 35.5 Å². The second-order valence-electron chi connectivity index (χ2n) is 10.1. The Morgan fingerprint density at radius 1 is 1.14 bits per heavy atom. The molecule has 11 nitrogen and oxygen atoms in total. The predicted octanol–water partition coefficient (Wildman–Crippen LogP) is 4.99. The fourth-order valence-corrected chi connectivity index (χ4v) is 4.71. The van der Waals surface area contributed by atoms with Crippen molar-refractivity contribution >= 4 is 22.6 Å². The van der Waals surface area contributed by atoms with E-state index in [1.54, 1.807) is 13.8 Å². The number of rotatable bonds is 8. The highest BCUT2D eigenvalue weighted by atomic mass is 19.4. The maximum absolute atomic E-state index is 13.6. The molecule has 2 aromatic heterocycles. The number of benzene rings is 2. The molecule has 0 unspecified atom stereocenters. The van der Waals surface area contributed by atoms with Gasteiger partial charge < -0.3 is 28.8 Å². The number of hydrogen-bond donors (Lipinski definition) is 1. The number of anilines is 1. The van der Waals surface area contributed by atoms with Crippen molar-refractivity contribution in [2.24, 2.45) is 0 Å². The molecule has 1 aliphatic heterocycles. The van der Waals surface area contributed by atoms with Gasteiger partial charge in [-0.15, -0.1) is 22.0 Å². The molecule has 0 saturated heterocycles. The van der Waals surface area contributed by atoms with E-state index in [0.29, 0.717) is 12.8 Å². The molecule has 4 aromatic rings. The van der Waals surface area contributed by atoms with Crippen LogP contribution in [0.3, 0.4) is 0 Å². The zero-order valence-electron chi connectivity index (χ0n) is 22.4. The topological polar surface area (TPSA) is 121 Å². The van der Waals surface area contributed by atoms with Crippen LogP contribution in [0.4, 0.5) is 27.6 Å². The molecule has 1 fully saturated rings. The largest absolute Gasteiger partial charge is 0.586 e. The molecule has 1 N–H and O–H groups in total. The van der Waals surface area contributed by atoms with Gasteiger partial charge in [0.2, 0.25) is 5.91 Å². The van der Waals surface area contributed by atoms with Crippen LogP contribution in [0.25, 0.3) is 22.3 Å². The summed E-state index contributed by atoms with van der Waals surface area (Å²) in [6.45, 7) is 2.78. The molecule has 2 aromatic carbocycles. The summed E-state index contributed by atoms with van der Waals surface area (Å²) in [6.07, 6.45) is -6.75. The number of aromatic amines is 1. The fraction of sp³-hybridized carbons (Fsp3) is 0.333. The highest BCUT2D eigenvalue weighted by Gasteiger charge is 2.44. The molecule has 1 aliphatic carbocycles. The quantitative estimate of drug-likeness (QED) is 0.278. The lowest BCUT2D eigenvalue weighted by Crippen LogP contribution is -2.39. The van der Waals surface area contributed by atoms with Gasteiger partial charge in [0.25, 0.3) is 5.56 Å². The number of ether oxygens (including phenoxy) is 4. The second kappa shape index (κ2) is 10.1. The van der Waals surface area contributed by atoms with Crippen LogP contribution in [0.15, 0.2) is 47.5 Å². The highest BCUT2D eigenvalue weighted by molar-refractivity contribution is 5.95. The molecule has 0 atom stereocenters. The van der Waals surface area contributed by atoms with Gasteiger partial charge in [-0.05, 0) is 51.0 Å². The minimum Gasteiger partial charge on any atom is -0.491 e. The molecular formula is C27H22F5N5O6. The molecule has 16 heteroatoms. The van der Waals surface area contributed by atoms with Gasteiger partial charge in [-0.1, -0.05) is 0 Å². The van der Waals surface area contributed by atoms with Crippen molar-refractivity contribution in [3.05, 3.63) is 53.1 Å². The van der Waals surface area contributed by atoms with Crippen LogP contribution in [0, 0.1) is 0 Å². The second-order valence-corrected chi connectivity index (χ2v) is 10.1. The van der Waals surface area contributed by atoms with Crippen LogP contribution in [-0.4, -0.2) is 50.5 Å². The van der Waals surface area contributed by atoms with Gasteiger partial charge in [-0.3, -0.25) is 9.59 Å². The van der Waals surface area contributed by atoms with Crippen LogP contribution in [0.1, 0.15) is 26.7 Å². The molecule has 2 aliphatic rings.